The minimum Gasteiger partial charge on any atom is -0.479 e. The van der Waals surface area contributed by atoms with Gasteiger partial charge in [-0.25, -0.2) is 9.59 Å². The normalized spacial score (nSPS) is 17.0. The molecule has 0 saturated heterocycles. The number of ether oxygens (including phenoxy) is 1. The minimum absolute atomic E-state index is 0.131. The monoisotopic (exact) mass is 475 g/mol. The third-order valence-corrected chi connectivity index (χ3v) is 5.19. The van der Waals surface area contributed by atoms with Crippen LogP contribution in [0.4, 0.5) is 10.5 Å². The summed E-state index contributed by atoms with van der Waals surface area (Å²) in [6.07, 6.45) is 2.29. The van der Waals surface area contributed by atoms with Crippen LogP contribution in [0.2, 0.25) is 10.0 Å². The molecule has 0 saturated carbocycles. The van der Waals surface area contributed by atoms with E-state index in [0.29, 0.717) is 17.3 Å². The number of carbonyl (C=O) groups excluding carboxylic acids is 2. The molecule has 3 rings (SSSR count). The molecule has 1 heterocycles. The number of benzene rings is 2. The fourth-order valence-electron chi connectivity index (χ4n) is 3.38. The van der Waals surface area contributed by atoms with Crippen LogP contribution in [0, 0.1) is 0 Å². The molecule has 10 heteroatoms. The number of primary amides is 1. The molecule has 4 N–H and O–H groups in total. The lowest BCUT2D eigenvalue weighted by Crippen LogP contribution is -2.35. The van der Waals surface area contributed by atoms with Crippen LogP contribution >= 0.6 is 23.2 Å². The third kappa shape index (κ3) is 4.46. The zero-order valence-corrected chi connectivity index (χ0v) is 18.4. The summed E-state index contributed by atoms with van der Waals surface area (Å²) >= 11 is 12.5. The Bertz CT molecular complexity index is 1260. The fourth-order valence-corrected chi connectivity index (χ4v) is 3.97. The molecule has 1 unspecified atom stereocenters. The molecule has 2 aromatic carbocycles. The van der Waals surface area contributed by atoms with Gasteiger partial charge in [-0.3, -0.25) is 15.1 Å². The highest BCUT2D eigenvalue weighted by Gasteiger charge is 2.46. The number of hydrogen-bond donors (Lipinski definition) is 3. The van der Waals surface area contributed by atoms with Crippen molar-refractivity contribution in [2.75, 3.05) is 11.9 Å². The largest absolute Gasteiger partial charge is 0.479 e. The van der Waals surface area contributed by atoms with Crippen molar-refractivity contribution >= 4 is 52.4 Å². The first-order valence-electron chi connectivity index (χ1n) is 9.54. The van der Waals surface area contributed by atoms with Crippen molar-refractivity contribution in [1.82, 2.24) is 0 Å². The van der Waals surface area contributed by atoms with E-state index >= 15 is 0 Å². The highest BCUT2D eigenvalue weighted by molar-refractivity contribution is 6.34. The van der Waals surface area contributed by atoms with Crippen LogP contribution in [0.5, 0.6) is 0 Å². The molecule has 2 aromatic rings. The lowest BCUT2D eigenvalue weighted by atomic mass is 9.82. The Morgan fingerprint density at radius 1 is 1.25 bits per heavy atom. The molecular formula is C22H19Cl2N3O5. The average molecular weight is 476 g/mol. The average Bonchev–Trinajstić information content (AvgIpc) is 3.06. The van der Waals surface area contributed by atoms with Crippen molar-refractivity contribution in [3.05, 3.63) is 74.7 Å². The second-order valence-electron chi connectivity index (χ2n) is 6.90. The van der Waals surface area contributed by atoms with Crippen molar-refractivity contribution in [2.24, 2.45) is 10.7 Å². The summed E-state index contributed by atoms with van der Waals surface area (Å²) in [6.45, 7) is 2.10. The second-order valence-corrected chi connectivity index (χ2v) is 7.74. The Hall–Kier alpha value is -3.36. The van der Waals surface area contributed by atoms with Gasteiger partial charge in [-0.05, 0) is 42.3 Å². The molecule has 0 spiro atoms. The standard InChI is InChI=1S/C22H19Cl2N3O5/c1-2-8-32-21(31)26-14-5-3-4-12(9-14)22(20(29)30)15(6-7-18(25)28)19-16(24)10-13(23)11-17(19)27-22/h3-7,9-11H,2,8H2,1H3,(H2,25,28)(H,26,31)(H,29,30). The number of carbonyl (C=O) groups is 3. The topological polar surface area (TPSA) is 131 Å². The number of halogens is 2. The lowest BCUT2D eigenvalue weighted by molar-refractivity contribution is -0.141. The van der Waals surface area contributed by atoms with Gasteiger partial charge < -0.3 is 15.6 Å². The number of carboxylic acids is 1. The number of fused-ring (bicyclic) bond motifs is 1. The van der Waals surface area contributed by atoms with E-state index < -0.39 is 23.5 Å². The summed E-state index contributed by atoms with van der Waals surface area (Å²) in [4.78, 5) is 40.5. The van der Waals surface area contributed by atoms with E-state index in [9.17, 15) is 19.5 Å². The van der Waals surface area contributed by atoms with Gasteiger partial charge in [0.25, 0.3) is 0 Å². The van der Waals surface area contributed by atoms with Gasteiger partial charge in [0.15, 0.2) is 0 Å². The van der Waals surface area contributed by atoms with E-state index in [1.807, 2.05) is 6.92 Å². The molecule has 32 heavy (non-hydrogen) atoms. The molecule has 0 aliphatic carbocycles. The number of rotatable bonds is 7. The van der Waals surface area contributed by atoms with Crippen LogP contribution in [0.1, 0.15) is 18.9 Å². The maximum absolute atomic E-state index is 12.7. The van der Waals surface area contributed by atoms with E-state index in [0.717, 1.165) is 6.08 Å². The number of nitrogens with two attached hydrogens (primary N) is 1. The number of carboxylic acid groups (broad SMARTS) is 1. The summed E-state index contributed by atoms with van der Waals surface area (Å²) < 4.78 is 5.01. The summed E-state index contributed by atoms with van der Waals surface area (Å²) in [7, 11) is 0. The van der Waals surface area contributed by atoms with E-state index in [1.165, 1.54) is 24.3 Å². The van der Waals surface area contributed by atoms with E-state index in [1.54, 1.807) is 18.2 Å². The van der Waals surface area contributed by atoms with Crippen molar-refractivity contribution in [3.8, 4) is 0 Å². The van der Waals surface area contributed by atoms with Gasteiger partial charge in [0.2, 0.25) is 11.4 Å². The number of amides is 2. The molecule has 1 aliphatic rings. The van der Waals surface area contributed by atoms with Gasteiger partial charge in [0.05, 0.1) is 17.0 Å². The van der Waals surface area contributed by atoms with Gasteiger partial charge in [-0.1, -0.05) is 42.3 Å². The summed E-state index contributed by atoms with van der Waals surface area (Å²) in [5.74, 6) is -2.10. The zero-order valence-electron chi connectivity index (χ0n) is 16.9. The first kappa shape index (κ1) is 23.3. The zero-order chi connectivity index (χ0) is 23.5. The number of nitrogens with zero attached hydrogens (tertiary/aromatic N) is 1. The Labute approximate surface area is 193 Å². The maximum atomic E-state index is 12.7. The highest BCUT2D eigenvalue weighted by atomic mass is 35.5. The van der Waals surface area contributed by atoms with Gasteiger partial charge >= 0.3 is 12.1 Å². The Balaban J connectivity index is 2.23. The van der Waals surface area contributed by atoms with Gasteiger partial charge in [-0.15, -0.1) is 0 Å². The van der Waals surface area contributed by atoms with E-state index in [4.69, 9.17) is 33.7 Å². The van der Waals surface area contributed by atoms with E-state index in [2.05, 4.69) is 10.3 Å². The highest BCUT2D eigenvalue weighted by Crippen LogP contribution is 2.38. The minimum atomic E-state index is -1.96. The number of aliphatic carboxylic acids is 1. The third-order valence-electron chi connectivity index (χ3n) is 4.67. The Kier molecular flexibility index (Phi) is 6.86. The SMILES string of the molecule is CCCOC(=O)Nc1cccc(C2(C(=O)O)N=c3cc(Cl)cc(Cl)c3=C2C=CC(N)=O)c1. The molecule has 0 fully saturated rings. The van der Waals surface area contributed by atoms with Crippen molar-refractivity contribution in [2.45, 2.75) is 18.9 Å². The van der Waals surface area contributed by atoms with Crippen molar-refractivity contribution in [1.29, 1.82) is 0 Å². The van der Waals surface area contributed by atoms with Crippen LogP contribution in [-0.2, 0) is 19.9 Å². The van der Waals surface area contributed by atoms with E-state index in [-0.39, 0.29) is 33.1 Å². The second kappa shape index (κ2) is 9.42. The number of nitrogens with one attached hydrogen (secondary N) is 1. The maximum Gasteiger partial charge on any atom is 0.411 e. The molecule has 2 amide bonds. The smallest absolute Gasteiger partial charge is 0.411 e. The summed E-state index contributed by atoms with van der Waals surface area (Å²) in [5, 5.41) is 13.9. The molecule has 1 atom stereocenters. The van der Waals surface area contributed by atoms with Crippen LogP contribution in [-0.4, -0.2) is 29.7 Å². The summed E-state index contributed by atoms with van der Waals surface area (Å²) in [6, 6.07) is 9.09. The van der Waals surface area contributed by atoms with Gasteiger partial charge in [-0.2, -0.15) is 0 Å². The molecule has 166 valence electrons. The van der Waals surface area contributed by atoms with Crippen LogP contribution < -0.4 is 21.6 Å². The predicted molar refractivity (Wildman–Crippen MR) is 120 cm³/mol. The van der Waals surface area contributed by atoms with Crippen molar-refractivity contribution in [3.63, 3.8) is 0 Å². The van der Waals surface area contributed by atoms with Crippen LogP contribution in [0.15, 0.2) is 53.5 Å². The Morgan fingerprint density at radius 2 is 2.00 bits per heavy atom. The first-order chi connectivity index (χ1) is 15.2. The molecular weight excluding hydrogens is 457 g/mol. The number of anilines is 1. The molecule has 1 aliphatic heterocycles. The number of hydrogen-bond acceptors (Lipinski definition) is 5. The first-order valence-corrected chi connectivity index (χ1v) is 10.3. The molecule has 0 bridgehead atoms. The predicted octanol–water partition coefficient (Wildman–Crippen LogP) is 2.76. The molecule has 8 nitrogen and oxygen atoms in total. The molecule has 0 radical (unpaired) electrons. The van der Waals surface area contributed by atoms with Gasteiger partial charge in [0.1, 0.15) is 0 Å². The molecule has 0 aromatic heterocycles. The van der Waals surface area contributed by atoms with Crippen LogP contribution in [0.25, 0.3) is 5.57 Å². The lowest BCUT2D eigenvalue weighted by Gasteiger charge is -2.25. The Morgan fingerprint density at radius 3 is 2.66 bits per heavy atom. The fraction of sp³-hybridized carbons (Fsp3) is 0.182. The quantitative estimate of drug-likeness (QED) is 0.529. The van der Waals surface area contributed by atoms with Crippen molar-refractivity contribution < 1.29 is 24.2 Å². The summed E-state index contributed by atoms with van der Waals surface area (Å²) in [5.41, 5.74) is 3.93. The van der Waals surface area contributed by atoms with Gasteiger partial charge in [0, 0.05) is 27.6 Å². The van der Waals surface area contributed by atoms with Crippen LogP contribution in [0.3, 0.4) is 0 Å².